The van der Waals surface area contributed by atoms with Gasteiger partial charge in [0, 0.05) is 36.4 Å². The third-order valence-corrected chi connectivity index (χ3v) is 5.39. The Kier molecular flexibility index (Phi) is 5.22. The van der Waals surface area contributed by atoms with Crippen LogP contribution >= 0.6 is 11.6 Å². The summed E-state index contributed by atoms with van der Waals surface area (Å²) in [5.41, 5.74) is 9.01. The number of anilines is 1. The second kappa shape index (κ2) is 7.84. The summed E-state index contributed by atoms with van der Waals surface area (Å²) >= 11 is 6.07. The number of ether oxygens (including phenoxy) is 1. The number of aryl methyl sites for hydroxylation is 2. The van der Waals surface area contributed by atoms with Gasteiger partial charge in [0.15, 0.2) is 0 Å². The summed E-state index contributed by atoms with van der Waals surface area (Å²) in [5.74, 6) is 0.194. The molecule has 0 spiro atoms. The first-order valence-corrected chi connectivity index (χ1v) is 9.90. The smallest absolute Gasteiger partial charge is 0.286 e. The van der Waals surface area contributed by atoms with Crippen molar-refractivity contribution >= 4 is 34.2 Å². The first kappa shape index (κ1) is 20.0. The van der Waals surface area contributed by atoms with Crippen LogP contribution in [0.15, 0.2) is 49.0 Å². The monoisotopic (exact) mass is 423 g/mol. The van der Waals surface area contributed by atoms with Crippen LogP contribution in [0.3, 0.4) is 0 Å². The van der Waals surface area contributed by atoms with Crippen LogP contribution in [-0.4, -0.2) is 21.6 Å². The predicted octanol–water partition coefficient (Wildman–Crippen LogP) is 3.13. The highest BCUT2D eigenvalue weighted by molar-refractivity contribution is 6.31. The summed E-state index contributed by atoms with van der Waals surface area (Å²) in [6.45, 7) is 4.15. The molecule has 0 saturated carbocycles. The number of halogens is 1. The second-order valence-corrected chi connectivity index (χ2v) is 7.80. The number of pyridine rings is 2. The van der Waals surface area contributed by atoms with Gasteiger partial charge in [0.05, 0.1) is 10.5 Å². The minimum atomic E-state index is -1.23. The fourth-order valence-corrected chi connectivity index (χ4v) is 3.83. The van der Waals surface area contributed by atoms with Gasteiger partial charge in [0.1, 0.15) is 12.1 Å². The van der Waals surface area contributed by atoms with Crippen molar-refractivity contribution in [3.8, 4) is 0 Å². The maximum Gasteiger partial charge on any atom is 0.286 e. The topological polar surface area (TPSA) is 102 Å². The Bertz CT molecular complexity index is 1130. The fourth-order valence-electron chi connectivity index (χ4n) is 3.66. The van der Waals surface area contributed by atoms with Gasteiger partial charge in [-0.25, -0.2) is 4.98 Å². The lowest BCUT2D eigenvalue weighted by Crippen LogP contribution is -2.55. The van der Waals surface area contributed by atoms with Crippen molar-refractivity contribution in [3.05, 3.63) is 76.4 Å². The molecule has 30 heavy (non-hydrogen) atoms. The van der Waals surface area contributed by atoms with Gasteiger partial charge in [-0.05, 0) is 54.8 Å². The van der Waals surface area contributed by atoms with Gasteiger partial charge in [0.25, 0.3) is 11.6 Å². The van der Waals surface area contributed by atoms with Crippen LogP contribution in [0.25, 0.3) is 10.9 Å². The van der Waals surface area contributed by atoms with Gasteiger partial charge in [-0.2, -0.15) is 0 Å². The van der Waals surface area contributed by atoms with E-state index in [1.165, 1.54) is 6.26 Å². The third kappa shape index (κ3) is 3.89. The molecule has 154 valence electrons. The largest absolute Gasteiger partial charge is 0.464 e. The van der Waals surface area contributed by atoms with E-state index in [0.717, 1.165) is 33.3 Å². The zero-order valence-corrected chi connectivity index (χ0v) is 17.5. The molecule has 8 heteroatoms. The Morgan fingerprint density at radius 3 is 2.87 bits per heavy atom. The minimum absolute atomic E-state index is 0.271. The number of nitrogens with one attached hydrogen (secondary N) is 2. The number of hydrogen-bond acceptors (Lipinski definition) is 6. The standard InChI is InChI=1S/C22H22ClN5O2/c1-13-7-20(24)28-14(2)18(13)12-26-21(29)22(27-5-6-30-22)10-15-3-4-19-16(8-15)9-17(23)11-25-19/h3-9,11,27H,10,12H2,1-2H3,(H2,24,28)(H,26,29). The van der Waals surface area contributed by atoms with Gasteiger partial charge in [-0.3, -0.25) is 9.78 Å². The molecular formula is C22H22ClN5O2. The number of benzene rings is 1. The number of fused-ring (bicyclic) bond motifs is 1. The summed E-state index contributed by atoms with van der Waals surface area (Å²) < 4.78 is 5.73. The van der Waals surface area contributed by atoms with Gasteiger partial charge >= 0.3 is 0 Å². The van der Waals surface area contributed by atoms with Crippen molar-refractivity contribution in [3.63, 3.8) is 0 Å². The fraction of sp³-hybridized carbons (Fsp3) is 0.227. The minimum Gasteiger partial charge on any atom is -0.464 e. The summed E-state index contributed by atoms with van der Waals surface area (Å²) in [7, 11) is 0. The Morgan fingerprint density at radius 2 is 2.13 bits per heavy atom. The molecule has 0 bridgehead atoms. The SMILES string of the molecule is Cc1cc(N)nc(C)c1CNC(=O)C1(Cc2ccc3ncc(Cl)cc3c2)NC=CO1. The molecule has 2 aromatic heterocycles. The number of aromatic nitrogens is 2. The number of carbonyl (C=O) groups excluding carboxylic acids is 1. The normalized spacial score (nSPS) is 17.6. The lowest BCUT2D eigenvalue weighted by molar-refractivity contribution is -0.141. The van der Waals surface area contributed by atoms with E-state index in [0.29, 0.717) is 23.8 Å². The van der Waals surface area contributed by atoms with Crippen molar-refractivity contribution in [2.75, 3.05) is 5.73 Å². The molecule has 1 aromatic carbocycles. The van der Waals surface area contributed by atoms with E-state index in [9.17, 15) is 4.79 Å². The molecule has 1 amide bonds. The highest BCUT2D eigenvalue weighted by Crippen LogP contribution is 2.24. The summed E-state index contributed by atoms with van der Waals surface area (Å²) in [6, 6.07) is 9.44. The quantitative estimate of drug-likeness (QED) is 0.582. The molecule has 3 heterocycles. The predicted molar refractivity (Wildman–Crippen MR) is 117 cm³/mol. The average molecular weight is 424 g/mol. The van der Waals surface area contributed by atoms with E-state index in [1.54, 1.807) is 18.5 Å². The van der Waals surface area contributed by atoms with E-state index in [2.05, 4.69) is 20.6 Å². The van der Waals surface area contributed by atoms with Crippen molar-refractivity contribution in [2.24, 2.45) is 0 Å². The molecule has 3 aromatic rings. The molecule has 4 N–H and O–H groups in total. The Balaban J connectivity index is 1.55. The molecule has 1 aliphatic rings. The highest BCUT2D eigenvalue weighted by atomic mass is 35.5. The number of rotatable bonds is 5. The van der Waals surface area contributed by atoms with E-state index in [4.69, 9.17) is 22.1 Å². The molecule has 0 radical (unpaired) electrons. The van der Waals surface area contributed by atoms with Crippen LogP contribution in [0, 0.1) is 13.8 Å². The molecule has 1 unspecified atom stereocenters. The summed E-state index contributed by atoms with van der Waals surface area (Å²) in [6.07, 6.45) is 5.05. The van der Waals surface area contributed by atoms with Crippen LogP contribution in [0.2, 0.25) is 5.02 Å². The molecule has 0 fully saturated rings. The average Bonchev–Trinajstić information content (AvgIpc) is 3.16. The molecule has 0 saturated heterocycles. The van der Waals surface area contributed by atoms with Crippen molar-refractivity contribution in [1.82, 2.24) is 20.6 Å². The highest BCUT2D eigenvalue weighted by Gasteiger charge is 2.41. The Labute approximate surface area is 179 Å². The Hall–Kier alpha value is -3.32. The summed E-state index contributed by atoms with van der Waals surface area (Å²) in [5, 5.41) is 7.49. The van der Waals surface area contributed by atoms with Gasteiger partial charge in [-0.1, -0.05) is 17.7 Å². The number of nitrogens with two attached hydrogens (primary N) is 1. The van der Waals surface area contributed by atoms with Crippen LogP contribution in [0.4, 0.5) is 5.82 Å². The van der Waals surface area contributed by atoms with Crippen molar-refractivity contribution < 1.29 is 9.53 Å². The maximum absolute atomic E-state index is 13.1. The van der Waals surface area contributed by atoms with E-state index < -0.39 is 5.72 Å². The number of nitrogen functional groups attached to an aromatic ring is 1. The number of hydrogen-bond donors (Lipinski definition) is 3. The van der Waals surface area contributed by atoms with Crippen LogP contribution in [0.1, 0.15) is 22.4 Å². The summed E-state index contributed by atoms with van der Waals surface area (Å²) in [4.78, 5) is 21.7. The van der Waals surface area contributed by atoms with Crippen molar-refractivity contribution in [1.29, 1.82) is 0 Å². The number of amides is 1. The first-order chi connectivity index (χ1) is 14.4. The van der Waals surface area contributed by atoms with Gasteiger partial charge in [0.2, 0.25) is 0 Å². The van der Waals surface area contributed by atoms with Crippen LogP contribution < -0.4 is 16.4 Å². The lowest BCUT2D eigenvalue weighted by atomic mass is 9.99. The number of nitrogens with zero attached hydrogens (tertiary/aromatic N) is 2. The Morgan fingerprint density at radius 1 is 1.30 bits per heavy atom. The molecule has 0 aliphatic carbocycles. The van der Waals surface area contributed by atoms with Gasteiger partial charge in [-0.15, -0.1) is 0 Å². The third-order valence-electron chi connectivity index (χ3n) is 5.19. The maximum atomic E-state index is 13.1. The zero-order chi connectivity index (χ0) is 21.3. The van der Waals surface area contributed by atoms with Crippen LogP contribution in [-0.2, 0) is 22.5 Å². The first-order valence-electron chi connectivity index (χ1n) is 9.52. The van der Waals surface area contributed by atoms with E-state index in [1.807, 2.05) is 38.1 Å². The molecule has 1 atom stereocenters. The molecular weight excluding hydrogens is 402 g/mol. The number of carbonyl (C=O) groups is 1. The second-order valence-electron chi connectivity index (χ2n) is 7.36. The van der Waals surface area contributed by atoms with Crippen molar-refractivity contribution in [2.45, 2.75) is 32.5 Å². The zero-order valence-electron chi connectivity index (χ0n) is 16.7. The molecule has 7 nitrogen and oxygen atoms in total. The van der Waals surface area contributed by atoms with Crippen LogP contribution in [0.5, 0.6) is 0 Å². The van der Waals surface area contributed by atoms with Gasteiger partial charge < -0.3 is 21.1 Å². The molecule has 4 rings (SSSR count). The molecule has 1 aliphatic heterocycles. The van der Waals surface area contributed by atoms with E-state index in [-0.39, 0.29) is 5.91 Å². The van der Waals surface area contributed by atoms with E-state index >= 15 is 0 Å². The lowest BCUT2D eigenvalue weighted by Gasteiger charge is -2.28.